The molecular weight excluding hydrogens is 260 g/mol. The van der Waals surface area contributed by atoms with Crippen molar-refractivity contribution in [2.45, 2.75) is 38.8 Å². The van der Waals surface area contributed by atoms with E-state index in [4.69, 9.17) is 11.6 Å². The fourth-order valence-corrected chi connectivity index (χ4v) is 2.67. The first-order valence-electron chi connectivity index (χ1n) is 6.95. The largest absolute Gasteiger partial charge is 0.339 e. The summed E-state index contributed by atoms with van der Waals surface area (Å²) in [5.74, 6) is 0.210. The second-order valence-corrected chi connectivity index (χ2v) is 5.40. The van der Waals surface area contributed by atoms with Gasteiger partial charge in [0.05, 0.1) is 0 Å². The van der Waals surface area contributed by atoms with E-state index < -0.39 is 0 Å². The second-order valence-electron chi connectivity index (χ2n) is 5.00. The Hall–Kier alpha value is -1.06. The number of halogens is 1. The molecular formula is C15H21ClN2O. The second kappa shape index (κ2) is 6.92. The number of hydrogen-bond donors (Lipinski definition) is 1. The minimum absolute atomic E-state index is 0.210. The summed E-state index contributed by atoms with van der Waals surface area (Å²) in [6.45, 7) is 4.36. The minimum atomic E-state index is 0.210. The molecule has 0 spiro atoms. The van der Waals surface area contributed by atoms with E-state index in [1.165, 1.54) is 6.42 Å². The third-order valence-electron chi connectivity index (χ3n) is 3.64. The Balaban J connectivity index is 1.95. The number of nitrogens with zero attached hydrogens (tertiary/aromatic N) is 1. The number of benzene rings is 1. The quantitative estimate of drug-likeness (QED) is 0.899. The molecule has 0 radical (unpaired) electrons. The molecule has 3 nitrogen and oxygen atoms in total. The van der Waals surface area contributed by atoms with Gasteiger partial charge in [-0.2, -0.15) is 0 Å². The van der Waals surface area contributed by atoms with Gasteiger partial charge in [-0.1, -0.05) is 29.8 Å². The first-order valence-corrected chi connectivity index (χ1v) is 7.33. The molecule has 1 amide bonds. The highest BCUT2D eigenvalue weighted by atomic mass is 35.5. The van der Waals surface area contributed by atoms with E-state index in [1.54, 1.807) is 0 Å². The molecule has 1 unspecified atom stereocenters. The van der Waals surface area contributed by atoms with Gasteiger partial charge in [-0.15, -0.1) is 0 Å². The van der Waals surface area contributed by atoms with Crippen LogP contribution in [0.5, 0.6) is 0 Å². The third kappa shape index (κ3) is 3.95. The molecule has 1 heterocycles. The van der Waals surface area contributed by atoms with Crippen LogP contribution in [-0.2, 0) is 11.3 Å². The molecule has 0 aliphatic carbocycles. The minimum Gasteiger partial charge on any atom is -0.339 e. The van der Waals surface area contributed by atoms with Crippen LogP contribution in [0.4, 0.5) is 0 Å². The zero-order chi connectivity index (χ0) is 13.7. The van der Waals surface area contributed by atoms with E-state index in [2.05, 4.69) is 5.32 Å². The van der Waals surface area contributed by atoms with E-state index in [1.807, 2.05) is 36.1 Å². The van der Waals surface area contributed by atoms with Gasteiger partial charge in [-0.05, 0) is 37.9 Å². The van der Waals surface area contributed by atoms with Gasteiger partial charge in [-0.3, -0.25) is 4.79 Å². The van der Waals surface area contributed by atoms with Crippen LogP contribution < -0.4 is 5.32 Å². The number of carbonyl (C=O) groups is 1. The SMILES string of the molecule is CCN(Cc1ccccc1Cl)C(=O)CC1CCCN1. The van der Waals surface area contributed by atoms with Crippen LogP contribution in [0.15, 0.2) is 24.3 Å². The molecule has 4 heteroatoms. The van der Waals surface area contributed by atoms with Crippen LogP contribution in [0.25, 0.3) is 0 Å². The van der Waals surface area contributed by atoms with E-state index in [0.29, 0.717) is 19.0 Å². The number of carbonyl (C=O) groups excluding carboxylic acids is 1. The van der Waals surface area contributed by atoms with Crippen molar-refractivity contribution in [3.63, 3.8) is 0 Å². The maximum absolute atomic E-state index is 12.3. The molecule has 1 N–H and O–H groups in total. The summed E-state index contributed by atoms with van der Waals surface area (Å²) in [6, 6.07) is 8.07. The van der Waals surface area contributed by atoms with E-state index in [9.17, 15) is 4.79 Å². The summed E-state index contributed by atoms with van der Waals surface area (Å²) in [7, 11) is 0. The zero-order valence-electron chi connectivity index (χ0n) is 11.4. The van der Waals surface area contributed by atoms with Crippen molar-refractivity contribution in [3.05, 3.63) is 34.9 Å². The Kier molecular flexibility index (Phi) is 5.23. The molecule has 19 heavy (non-hydrogen) atoms. The zero-order valence-corrected chi connectivity index (χ0v) is 12.1. The van der Waals surface area contributed by atoms with Gasteiger partial charge in [0.2, 0.25) is 5.91 Å². The summed E-state index contributed by atoms with van der Waals surface area (Å²) in [6.07, 6.45) is 2.88. The van der Waals surface area contributed by atoms with Gasteiger partial charge in [0.1, 0.15) is 0 Å². The fraction of sp³-hybridized carbons (Fsp3) is 0.533. The topological polar surface area (TPSA) is 32.3 Å². The van der Waals surface area contributed by atoms with Crippen LogP contribution in [0.1, 0.15) is 31.7 Å². The molecule has 104 valence electrons. The molecule has 1 aromatic rings. The van der Waals surface area contributed by atoms with Crippen molar-refractivity contribution in [1.82, 2.24) is 10.2 Å². The molecule has 0 saturated carbocycles. The predicted octanol–water partition coefficient (Wildman–Crippen LogP) is 2.83. The Morgan fingerprint density at radius 3 is 2.89 bits per heavy atom. The maximum Gasteiger partial charge on any atom is 0.224 e. The molecule has 0 aromatic heterocycles. The summed E-state index contributed by atoms with van der Waals surface area (Å²) in [5, 5.41) is 4.10. The summed E-state index contributed by atoms with van der Waals surface area (Å²) in [5.41, 5.74) is 1.01. The molecule has 2 rings (SSSR count). The van der Waals surface area contributed by atoms with E-state index in [0.717, 1.165) is 30.1 Å². The number of hydrogen-bond acceptors (Lipinski definition) is 2. The number of amides is 1. The highest BCUT2D eigenvalue weighted by molar-refractivity contribution is 6.31. The van der Waals surface area contributed by atoms with Gasteiger partial charge >= 0.3 is 0 Å². The molecule has 1 saturated heterocycles. The molecule has 1 aliphatic heterocycles. The molecule has 1 aromatic carbocycles. The lowest BCUT2D eigenvalue weighted by Crippen LogP contribution is -2.35. The van der Waals surface area contributed by atoms with Crippen molar-refractivity contribution in [3.8, 4) is 0 Å². The number of nitrogens with one attached hydrogen (secondary N) is 1. The van der Waals surface area contributed by atoms with Crippen LogP contribution in [-0.4, -0.2) is 29.9 Å². The van der Waals surface area contributed by atoms with Crippen LogP contribution in [0.2, 0.25) is 5.02 Å². The fourth-order valence-electron chi connectivity index (χ4n) is 2.48. The molecule has 1 fully saturated rings. The van der Waals surface area contributed by atoms with Crippen molar-refractivity contribution in [2.75, 3.05) is 13.1 Å². The van der Waals surface area contributed by atoms with Crippen molar-refractivity contribution < 1.29 is 4.79 Å². The first kappa shape index (κ1) is 14.4. The highest BCUT2D eigenvalue weighted by Gasteiger charge is 2.21. The lowest BCUT2D eigenvalue weighted by Gasteiger charge is -2.23. The van der Waals surface area contributed by atoms with Gasteiger partial charge in [0, 0.05) is 30.6 Å². The van der Waals surface area contributed by atoms with Gasteiger partial charge < -0.3 is 10.2 Å². The average molecular weight is 281 g/mol. The smallest absolute Gasteiger partial charge is 0.224 e. The molecule has 0 bridgehead atoms. The maximum atomic E-state index is 12.3. The van der Waals surface area contributed by atoms with Crippen molar-refractivity contribution in [1.29, 1.82) is 0 Å². The van der Waals surface area contributed by atoms with E-state index >= 15 is 0 Å². The number of rotatable bonds is 5. The Morgan fingerprint density at radius 2 is 2.26 bits per heavy atom. The standard InChI is InChI=1S/C15H21ClN2O/c1-2-18(11-12-6-3-4-8-14(12)16)15(19)10-13-7-5-9-17-13/h3-4,6,8,13,17H,2,5,7,9-11H2,1H3. The summed E-state index contributed by atoms with van der Waals surface area (Å²) >= 11 is 6.15. The monoisotopic (exact) mass is 280 g/mol. The van der Waals surface area contributed by atoms with Crippen LogP contribution in [0.3, 0.4) is 0 Å². The Labute approximate surface area is 119 Å². The summed E-state index contributed by atoms with van der Waals surface area (Å²) < 4.78 is 0. The summed E-state index contributed by atoms with van der Waals surface area (Å²) in [4.78, 5) is 14.2. The normalized spacial score (nSPS) is 18.5. The third-order valence-corrected chi connectivity index (χ3v) is 4.01. The first-order chi connectivity index (χ1) is 9.20. The molecule has 1 aliphatic rings. The van der Waals surface area contributed by atoms with Gasteiger partial charge in [-0.25, -0.2) is 0 Å². The van der Waals surface area contributed by atoms with Crippen molar-refractivity contribution >= 4 is 17.5 Å². The lowest BCUT2D eigenvalue weighted by molar-refractivity contribution is -0.132. The predicted molar refractivity (Wildman–Crippen MR) is 78.2 cm³/mol. The van der Waals surface area contributed by atoms with E-state index in [-0.39, 0.29) is 5.91 Å². The average Bonchev–Trinajstić information content (AvgIpc) is 2.90. The molecule has 1 atom stereocenters. The van der Waals surface area contributed by atoms with Crippen LogP contribution in [0, 0.1) is 0 Å². The van der Waals surface area contributed by atoms with Gasteiger partial charge in [0.25, 0.3) is 0 Å². The van der Waals surface area contributed by atoms with Crippen LogP contribution >= 0.6 is 11.6 Å². The Bertz CT molecular complexity index is 430. The lowest BCUT2D eigenvalue weighted by atomic mass is 10.1. The van der Waals surface area contributed by atoms with Crippen molar-refractivity contribution in [2.24, 2.45) is 0 Å². The highest BCUT2D eigenvalue weighted by Crippen LogP contribution is 2.18. The Morgan fingerprint density at radius 1 is 1.47 bits per heavy atom. The van der Waals surface area contributed by atoms with Gasteiger partial charge in [0.15, 0.2) is 0 Å².